The van der Waals surface area contributed by atoms with Crippen LogP contribution < -0.4 is 14.2 Å². The number of ether oxygens (including phenoxy) is 3. The maximum Gasteiger partial charge on any atom is 0.162 e. The molecule has 6 heteroatoms. The Morgan fingerprint density at radius 1 is 0.903 bits per heavy atom. The van der Waals surface area contributed by atoms with Crippen molar-refractivity contribution in [1.82, 2.24) is 9.88 Å². The fourth-order valence-electron chi connectivity index (χ4n) is 4.06. The van der Waals surface area contributed by atoms with Crippen LogP contribution in [-0.2, 0) is 0 Å². The lowest BCUT2D eigenvalue weighted by Gasteiger charge is -2.26. The Bertz CT molecular complexity index is 1020. The van der Waals surface area contributed by atoms with Crippen LogP contribution in [0.4, 0.5) is 0 Å². The summed E-state index contributed by atoms with van der Waals surface area (Å²) in [6.07, 6.45) is 4.96. The number of likely N-dealkylation sites (tertiary alicyclic amines) is 1. The van der Waals surface area contributed by atoms with Gasteiger partial charge in [0.05, 0.1) is 32.0 Å². The molecule has 4 rings (SSSR count). The van der Waals surface area contributed by atoms with Crippen molar-refractivity contribution < 1.29 is 14.2 Å². The van der Waals surface area contributed by atoms with Crippen molar-refractivity contribution >= 4 is 22.5 Å². The van der Waals surface area contributed by atoms with E-state index in [9.17, 15) is 0 Å². The van der Waals surface area contributed by atoms with E-state index in [1.165, 1.54) is 32.4 Å². The second-order valence-corrected chi connectivity index (χ2v) is 8.28. The summed E-state index contributed by atoms with van der Waals surface area (Å²) in [7, 11) is 3.27. The van der Waals surface area contributed by atoms with Crippen molar-refractivity contribution in [2.45, 2.75) is 25.7 Å². The van der Waals surface area contributed by atoms with Crippen LogP contribution in [0.15, 0.2) is 42.5 Å². The summed E-state index contributed by atoms with van der Waals surface area (Å²) in [5.74, 6) is 2.11. The first-order valence-electron chi connectivity index (χ1n) is 10.9. The molecule has 1 aliphatic rings. The molecule has 0 atom stereocenters. The number of methoxy groups -OCH3 is 2. The zero-order valence-corrected chi connectivity index (χ0v) is 19.0. The molecule has 3 aromatic rings. The van der Waals surface area contributed by atoms with Gasteiger partial charge >= 0.3 is 0 Å². The lowest BCUT2D eigenvalue weighted by molar-refractivity contribution is 0.205. The smallest absolute Gasteiger partial charge is 0.162 e. The SMILES string of the molecule is COc1cc2nc(-c3ccc(Cl)cc3)cc(OCCCN3CCCCC3)c2cc1OC. The molecule has 0 saturated carbocycles. The van der Waals surface area contributed by atoms with Crippen molar-refractivity contribution in [2.75, 3.05) is 40.5 Å². The van der Waals surface area contributed by atoms with Crippen LogP contribution >= 0.6 is 11.6 Å². The largest absolute Gasteiger partial charge is 0.493 e. The average Bonchev–Trinajstić information content (AvgIpc) is 2.81. The number of fused-ring (bicyclic) bond motifs is 1. The second kappa shape index (κ2) is 10.2. The lowest BCUT2D eigenvalue weighted by Crippen LogP contribution is -2.31. The van der Waals surface area contributed by atoms with Gasteiger partial charge in [-0.2, -0.15) is 0 Å². The van der Waals surface area contributed by atoms with Gasteiger partial charge < -0.3 is 19.1 Å². The van der Waals surface area contributed by atoms with Crippen LogP contribution in [0.1, 0.15) is 25.7 Å². The summed E-state index contributed by atoms with van der Waals surface area (Å²) < 4.78 is 17.3. The van der Waals surface area contributed by atoms with Gasteiger partial charge in [0.2, 0.25) is 0 Å². The van der Waals surface area contributed by atoms with Gasteiger partial charge in [-0.3, -0.25) is 0 Å². The fourth-order valence-corrected chi connectivity index (χ4v) is 4.19. The molecular formula is C25H29ClN2O3. The van der Waals surface area contributed by atoms with Crippen LogP contribution in [0.25, 0.3) is 22.2 Å². The average molecular weight is 441 g/mol. The van der Waals surface area contributed by atoms with Gasteiger partial charge in [-0.15, -0.1) is 0 Å². The van der Waals surface area contributed by atoms with E-state index in [1.54, 1.807) is 14.2 Å². The van der Waals surface area contributed by atoms with E-state index in [1.807, 2.05) is 42.5 Å². The molecule has 0 N–H and O–H groups in total. The third-order valence-electron chi connectivity index (χ3n) is 5.74. The number of hydrogen-bond acceptors (Lipinski definition) is 5. The zero-order valence-electron chi connectivity index (χ0n) is 18.2. The Kier molecular flexibility index (Phi) is 7.15. The van der Waals surface area contributed by atoms with Crippen molar-refractivity contribution in [2.24, 2.45) is 0 Å². The van der Waals surface area contributed by atoms with Gasteiger partial charge in [0, 0.05) is 34.6 Å². The normalized spacial score (nSPS) is 14.5. The molecule has 31 heavy (non-hydrogen) atoms. The lowest BCUT2D eigenvalue weighted by atomic mass is 10.1. The van der Waals surface area contributed by atoms with Gasteiger partial charge in [-0.25, -0.2) is 4.98 Å². The molecule has 0 unspecified atom stereocenters. The number of pyridine rings is 1. The fraction of sp³-hybridized carbons (Fsp3) is 0.400. The van der Waals surface area contributed by atoms with Crippen LogP contribution in [0.2, 0.25) is 5.02 Å². The minimum Gasteiger partial charge on any atom is -0.493 e. The number of benzene rings is 2. The number of piperidine rings is 1. The number of nitrogens with zero attached hydrogens (tertiary/aromatic N) is 2. The van der Waals surface area contributed by atoms with E-state index in [4.69, 9.17) is 30.8 Å². The van der Waals surface area contributed by atoms with E-state index >= 15 is 0 Å². The summed E-state index contributed by atoms with van der Waals surface area (Å²) >= 11 is 6.07. The Labute approximate surface area is 188 Å². The monoisotopic (exact) mass is 440 g/mol. The number of aromatic nitrogens is 1. The summed E-state index contributed by atoms with van der Waals surface area (Å²) in [5.41, 5.74) is 2.62. The van der Waals surface area contributed by atoms with E-state index < -0.39 is 0 Å². The topological polar surface area (TPSA) is 43.8 Å². The molecule has 2 heterocycles. The van der Waals surface area contributed by atoms with Gasteiger partial charge in [-0.05, 0) is 50.6 Å². The quantitative estimate of drug-likeness (QED) is 0.412. The van der Waals surface area contributed by atoms with Gasteiger partial charge in [0.15, 0.2) is 11.5 Å². The van der Waals surface area contributed by atoms with Crippen LogP contribution in [-0.4, -0.2) is 50.3 Å². The minimum atomic E-state index is 0.645. The summed E-state index contributed by atoms with van der Waals surface area (Å²) in [5, 5.41) is 1.61. The van der Waals surface area contributed by atoms with Crippen LogP contribution in [0.5, 0.6) is 17.2 Å². The Morgan fingerprint density at radius 2 is 1.61 bits per heavy atom. The van der Waals surface area contributed by atoms with E-state index in [-0.39, 0.29) is 0 Å². The number of hydrogen-bond donors (Lipinski definition) is 0. The standard InChI is InChI=1S/C25H29ClN2O3/c1-29-24-15-20-22(17-25(24)30-2)27-21(18-7-9-19(26)10-8-18)16-23(20)31-14-6-13-28-11-4-3-5-12-28/h7-10,15-17H,3-6,11-14H2,1-2H3. The highest BCUT2D eigenvalue weighted by Crippen LogP contribution is 2.37. The summed E-state index contributed by atoms with van der Waals surface area (Å²) in [6.45, 7) is 4.14. The first-order chi connectivity index (χ1) is 15.2. The molecule has 0 amide bonds. The van der Waals surface area contributed by atoms with Crippen molar-refractivity contribution in [3.63, 3.8) is 0 Å². The first kappa shape index (κ1) is 21.7. The van der Waals surface area contributed by atoms with E-state index in [0.717, 1.165) is 40.9 Å². The predicted molar refractivity (Wildman–Crippen MR) is 126 cm³/mol. The third kappa shape index (κ3) is 5.23. The highest BCUT2D eigenvalue weighted by Gasteiger charge is 2.15. The predicted octanol–water partition coefficient (Wildman–Crippen LogP) is 5.83. The Balaban J connectivity index is 1.62. The summed E-state index contributed by atoms with van der Waals surface area (Å²) in [4.78, 5) is 7.39. The van der Waals surface area contributed by atoms with Crippen molar-refractivity contribution in [3.8, 4) is 28.5 Å². The first-order valence-corrected chi connectivity index (χ1v) is 11.2. The molecule has 0 spiro atoms. The molecule has 0 aliphatic carbocycles. The minimum absolute atomic E-state index is 0.645. The molecular weight excluding hydrogens is 412 g/mol. The van der Waals surface area contributed by atoms with Gasteiger partial charge in [0.25, 0.3) is 0 Å². The number of halogens is 1. The van der Waals surface area contributed by atoms with Gasteiger partial charge in [-0.1, -0.05) is 30.2 Å². The molecule has 0 radical (unpaired) electrons. The highest BCUT2D eigenvalue weighted by atomic mass is 35.5. The molecule has 1 saturated heterocycles. The van der Waals surface area contributed by atoms with Crippen LogP contribution in [0.3, 0.4) is 0 Å². The highest BCUT2D eigenvalue weighted by molar-refractivity contribution is 6.30. The van der Waals surface area contributed by atoms with Crippen LogP contribution in [0, 0.1) is 0 Å². The summed E-state index contributed by atoms with van der Waals surface area (Å²) in [6, 6.07) is 13.5. The van der Waals surface area contributed by atoms with E-state index in [0.29, 0.717) is 23.1 Å². The molecule has 0 bridgehead atoms. The Morgan fingerprint density at radius 3 is 2.32 bits per heavy atom. The molecule has 164 valence electrons. The van der Waals surface area contributed by atoms with Crippen molar-refractivity contribution in [1.29, 1.82) is 0 Å². The molecule has 1 fully saturated rings. The Hall–Kier alpha value is -2.50. The second-order valence-electron chi connectivity index (χ2n) is 7.84. The number of rotatable bonds is 8. The zero-order chi connectivity index (χ0) is 21.6. The molecule has 1 aliphatic heterocycles. The van der Waals surface area contributed by atoms with Gasteiger partial charge in [0.1, 0.15) is 5.75 Å². The van der Waals surface area contributed by atoms with Crippen molar-refractivity contribution in [3.05, 3.63) is 47.5 Å². The molecule has 2 aromatic carbocycles. The molecule has 5 nitrogen and oxygen atoms in total. The molecule has 1 aromatic heterocycles. The maximum atomic E-state index is 6.28. The van der Waals surface area contributed by atoms with E-state index in [2.05, 4.69) is 4.90 Å². The third-order valence-corrected chi connectivity index (χ3v) is 5.99. The maximum absolute atomic E-state index is 6.28.